The highest BCUT2D eigenvalue weighted by molar-refractivity contribution is 5.68. The molecule has 1 rings (SSSR count). The van der Waals surface area contributed by atoms with Crippen molar-refractivity contribution in [2.75, 3.05) is 19.6 Å². The molecule has 1 saturated heterocycles. The topological polar surface area (TPSA) is 41.6 Å². The Bertz CT molecular complexity index is 420. The first-order chi connectivity index (χ1) is 9.66. The molecule has 1 amide bonds. The van der Waals surface area contributed by atoms with E-state index in [1.54, 1.807) is 27.7 Å². The number of hydrogen-bond acceptors (Lipinski definition) is 3. The lowest BCUT2D eigenvalue weighted by Gasteiger charge is -2.40. The third-order valence-electron chi connectivity index (χ3n) is 2.66. The van der Waals surface area contributed by atoms with Crippen molar-refractivity contribution in [3.8, 4) is 0 Å². The summed E-state index contributed by atoms with van der Waals surface area (Å²) < 4.78 is 43.0. The molecule has 4 nitrogen and oxygen atoms in total. The molecule has 17 heavy (non-hydrogen) atoms. The smallest absolute Gasteiger partial charge is 0.408 e. The van der Waals surface area contributed by atoms with Crippen molar-refractivity contribution in [1.82, 2.24) is 10.2 Å². The normalized spacial score (nSPS) is 32.6. The fourth-order valence-corrected chi connectivity index (χ4v) is 1.99. The number of hydrogen-bond donors (Lipinski definition) is 1. The summed E-state index contributed by atoms with van der Waals surface area (Å²) in [6.07, 6.45) is 0.660. The molecule has 0 aliphatic carbocycles. The number of carbonyl (C=O) groups is 1. The summed E-state index contributed by atoms with van der Waals surface area (Å²) in [5.41, 5.74) is -1.35. The predicted molar refractivity (Wildman–Crippen MR) is 69.1 cm³/mol. The van der Waals surface area contributed by atoms with Gasteiger partial charge < -0.3 is 15.0 Å². The van der Waals surface area contributed by atoms with Gasteiger partial charge in [-0.25, -0.2) is 4.79 Å². The first-order valence-corrected chi connectivity index (χ1v) is 5.93. The average molecular weight is 247 g/mol. The maximum atomic E-state index is 11.9. The van der Waals surface area contributed by atoms with Crippen LogP contribution in [0.15, 0.2) is 0 Å². The summed E-state index contributed by atoms with van der Waals surface area (Å²) in [6.45, 7) is 2.36. The molecule has 4 heteroatoms. The van der Waals surface area contributed by atoms with Crippen LogP contribution in [0.25, 0.3) is 0 Å². The number of ether oxygens (including phenoxy) is 1. The van der Waals surface area contributed by atoms with Crippen LogP contribution in [-0.2, 0) is 4.74 Å². The monoisotopic (exact) mass is 247 g/mol. The molecule has 0 bridgehead atoms. The number of likely N-dealkylation sites (tertiary alicyclic amines) is 1. The minimum atomic E-state index is -2.74. The number of piperidine rings is 1. The molecule has 0 spiro atoms. The minimum absolute atomic E-state index is 0.123. The second-order valence-corrected chi connectivity index (χ2v) is 5.82. The number of amides is 1. The molecule has 1 aliphatic rings. The Morgan fingerprint density at radius 3 is 2.94 bits per heavy atom. The quantitative estimate of drug-likeness (QED) is 0.814. The van der Waals surface area contributed by atoms with Crippen LogP contribution in [-0.4, -0.2) is 41.7 Å². The maximum absolute atomic E-state index is 11.9. The van der Waals surface area contributed by atoms with Crippen LogP contribution in [0.2, 0.25) is 0 Å². The van der Waals surface area contributed by atoms with Gasteiger partial charge in [-0.15, -0.1) is 0 Å². The SMILES string of the molecule is [2H]C([2H])([2H])C([2H])([2H])N1CCC[C@@](C)(NC(=O)OC(C)(C)C)C1. The molecule has 0 aromatic rings. The summed E-state index contributed by atoms with van der Waals surface area (Å²) in [7, 11) is 0. The molecule has 100 valence electrons. The van der Waals surface area contributed by atoms with E-state index in [0.29, 0.717) is 19.4 Å². The highest BCUT2D eigenvalue weighted by Gasteiger charge is 2.33. The predicted octanol–water partition coefficient (Wildman–Crippen LogP) is 2.39. The van der Waals surface area contributed by atoms with E-state index in [4.69, 9.17) is 11.6 Å². The zero-order valence-electron chi connectivity index (χ0n) is 16.1. The van der Waals surface area contributed by atoms with Crippen LogP contribution in [0, 0.1) is 0 Å². The molecule has 1 aliphatic heterocycles. The molecule has 0 radical (unpaired) electrons. The third kappa shape index (κ3) is 4.94. The van der Waals surface area contributed by atoms with Crippen molar-refractivity contribution in [2.24, 2.45) is 0 Å². The number of rotatable bonds is 2. The lowest BCUT2D eigenvalue weighted by molar-refractivity contribution is 0.0392. The van der Waals surface area contributed by atoms with E-state index >= 15 is 0 Å². The number of nitrogens with zero attached hydrogens (tertiary/aromatic N) is 1. The largest absolute Gasteiger partial charge is 0.444 e. The molecular formula is C13H26N2O2. The Balaban J connectivity index is 2.79. The molecule has 1 N–H and O–H groups in total. The second-order valence-electron chi connectivity index (χ2n) is 5.82. The lowest BCUT2D eigenvalue weighted by Crippen LogP contribution is -2.57. The number of alkyl carbamates (subject to hydrolysis) is 1. The summed E-state index contributed by atoms with van der Waals surface area (Å²) in [4.78, 5) is 13.2. The van der Waals surface area contributed by atoms with Crippen LogP contribution in [0.1, 0.15) is 54.2 Å². The summed E-state index contributed by atoms with van der Waals surface area (Å²) >= 11 is 0. The van der Waals surface area contributed by atoms with Crippen LogP contribution in [0.3, 0.4) is 0 Å². The summed E-state index contributed by atoms with van der Waals surface area (Å²) in [6, 6.07) is 0. The number of carbonyl (C=O) groups excluding carboxylic acids is 1. The highest BCUT2D eigenvalue weighted by Crippen LogP contribution is 2.21. The fraction of sp³-hybridized carbons (Fsp3) is 0.923. The van der Waals surface area contributed by atoms with E-state index in [9.17, 15) is 4.79 Å². The van der Waals surface area contributed by atoms with Gasteiger partial charge in [0.25, 0.3) is 0 Å². The average Bonchev–Trinajstić information content (AvgIpc) is 2.23. The van der Waals surface area contributed by atoms with Crippen LogP contribution < -0.4 is 5.32 Å². The van der Waals surface area contributed by atoms with Crippen LogP contribution in [0.5, 0.6) is 0 Å². The Labute approximate surface area is 112 Å². The summed E-state index contributed by atoms with van der Waals surface area (Å²) in [5.74, 6) is 0. The van der Waals surface area contributed by atoms with Gasteiger partial charge >= 0.3 is 6.09 Å². The van der Waals surface area contributed by atoms with Gasteiger partial charge in [-0.1, -0.05) is 6.85 Å². The van der Waals surface area contributed by atoms with Crippen molar-refractivity contribution in [1.29, 1.82) is 0 Å². The molecule has 0 aromatic heterocycles. The molecule has 0 aromatic carbocycles. The van der Waals surface area contributed by atoms with Gasteiger partial charge in [0.1, 0.15) is 5.60 Å². The Kier molecular flexibility index (Phi) is 2.58. The second kappa shape index (κ2) is 5.25. The van der Waals surface area contributed by atoms with Crippen molar-refractivity contribution < 1.29 is 16.4 Å². The highest BCUT2D eigenvalue weighted by atomic mass is 16.6. The van der Waals surface area contributed by atoms with E-state index in [0.717, 1.165) is 0 Å². The maximum Gasteiger partial charge on any atom is 0.408 e. The van der Waals surface area contributed by atoms with Crippen molar-refractivity contribution in [3.63, 3.8) is 0 Å². The molecule has 1 atom stereocenters. The first-order valence-electron chi connectivity index (χ1n) is 8.43. The first kappa shape index (κ1) is 8.35. The van der Waals surface area contributed by atoms with Crippen molar-refractivity contribution >= 4 is 6.09 Å². The van der Waals surface area contributed by atoms with Gasteiger partial charge in [0.05, 0.1) is 5.54 Å². The zero-order chi connectivity index (χ0) is 17.4. The van der Waals surface area contributed by atoms with Gasteiger partial charge in [0.2, 0.25) is 0 Å². The van der Waals surface area contributed by atoms with Crippen molar-refractivity contribution in [3.05, 3.63) is 0 Å². The summed E-state index contributed by atoms with van der Waals surface area (Å²) in [5, 5.41) is 2.75. The number of likely N-dealkylation sites (N-methyl/N-ethyl adjacent to an activating group) is 1. The molecule has 0 saturated carbocycles. The van der Waals surface area contributed by atoms with Gasteiger partial charge in [0, 0.05) is 13.4 Å². The molecular weight excluding hydrogens is 216 g/mol. The Morgan fingerprint density at radius 2 is 2.35 bits per heavy atom. The van der Waals surface area contributed by atoms with Gasteiger partial charge in [-0.05, 0) is 53.6 Å². The van der Waals surface area contributed by atoms with Gasteiger partial charge in [-0.3, -0.25) is 0 Å². The van der Waals surface area contributed by atoms with Gasteiger partial charge in [-0.2, -0.15) is 0 Å². The lowest BCUT2D eigenvalue weighted by atomic mass is 9.91. The molecule has 1 heterocycles. The molecule has 1 fully saturated rings. The standard InChI is InChI=1S/C13H26N2O2/c1-6-15-9-7-8-13(5,10-15)14-11(16)17-12(2,3)4/h6-10H2,1-5H3,(H,14,16)/t13-/m1/s1/i1D3,6D2. The number of nitrogens with one attached hydrogen (secondary N) is 1. The Hall–Kier alpha value is -0.770. The van der Waals surface area contributed by atoms with Crippen LogP contribution in [0.4, 0.5) is 4.79 Å². The molecule has 0 unspecified atom stereocenters. The van der Waals surface area contributed by atoms with Crippen molar-refractivity contribution in [2.45, 2.75) is 58.5 Å². The third-order valence-corrected chi connectivity index (χ3v) is 2.66. The zero-order valence-corrected chi connectivity index (χ0v) is 11.1. The fourth-order valence-electron chi connectivity index (χ4n) is 1.99. The minimum Gasteiger partial charge on any atom is -0.444 e. The van der Waals surface area contributed by atoms with E-state index in [1.165, 1.54) is 4.90 Å². The Morgan fingerprint density at radius 1 is 1.65 bits per heavy atom. The van der Waals surface area contributed by atoms with Crippen LogP contribution >= 0.6 is 0 Å². The van der Waals surface area contributed by atoms with E-state index in [1.807, 2.05) is 0 Å². The van der Waals surface area contributed by atoms with E-state index < -0.39 is 30.6 Å². The van der Waals surface area contributed by atoms with Gasteiger partial charge in [0.15, 0.2) is 0 Å². The van der Waals surface area contributed by atoms with E-state index in [-0.39, 0.29) is 6.54 Å². The van der Waals surface area contributed by atoms with E-state index in [2.05, 4.69) is 5.32 Å².